The van der Waals surface area contributed by atoms with Crippen molar-refractivity contribution in [3.63, 3.8) is 0 Å². The number of benzene rings is 2. The molecule has 11 heteroatoms. The Morgan fingerprint density at radius 3 is 2.32 bits per heavy atom. The fourth-order valence-corrected chi connectivity index (χ4v) is 2.14. The highest BCUT2D eigenvalue weighted by molar-refractivity contribution is 6.01. The zero-order chi connectivity index (χ0) is 20.9. The lowest BCUT2D eigenvalue weighted by molar-refractivity contribution is -0.192. The Labute approximate surface area is 155 Å². The Hall–Kier alpha value is -3.76. The van der Waals surface area contributed by atoms with Crippen LogP contribution in [0.4, 0.5) is 18.9 Å². The normalized spacial score (nSPS) is 10.8. The average molecular weight is 397 g/mol. The molecular weight excluding hydrogens is 383 g/mol. The number of aliphatic carboxylic acids is 1. The standard InChI is InChI=1S/C15H13N3O3.C2HF3O2/c19-13-4-2-1-3-9(13)8-16-10-5-6-12-11(7-10)14(15(20)21)18-17-12;3-2(4,5)1(6)7/h1-7,16,19H,8H2,(H,17,18)(H,20,21);(H,6,7). The smallest absolute Gasteiger partial charge is 0.490 e. The fourth-order valence-electron chi connectivity index (χ4n) is 2.14. The van der Waals surface area contributed by atoms with Gasteiger partial charge in [0.25, 0.3) is 0 Å². The maximum atomic E-state index is 11.1. The second kappa shape index (κ2) is 8.29. The van der Waals surface area contributed by atoms with E-state index in [-0.39, 0.29) is 11.4 Å². The fraction of sp³-hybridized carbons (Fsp3) is 0.118. The van der Waals surface area contributed by atoms with E-state index >= 15 is 0 Å². The van der Waals surface area contributed by atoms with Gasteiger partial charge in [0, 0.05) is 23.2 Å². The molecule has 8 nitrogen and oxygen atoms in total. The van der Waals surface area contributed by atoms with E-state index in [9.17, 15) is 23.1 Å². The van der Waals surface area contributed by atoms with Gasteiger partial charge in [-0.1, -0.05) is 18.2 Å². The highest BCUT2D eigenvalue weighted by Crippen LogP contribution is 2.22. The third-order valence-electron chi connectivity index (χ3n) is 3.48. The minimum atomic E-state index is -5.08. The van der Waals surface area contributed by atoms with E-state index in [1.165, 1.54) is 0 Å². The Morgan fingerprint density at radius 1 is 1.11 bits per heavy atom. The van der Waals surface area contributed by atoms with Crippen molar-refractivity contribution >= 4 is 28.5 Å². The SMILES string of the molecule is O=C(O)C(F)(F)F.O=C(O)c1n[nH]c2ccc(NCc3ccccc3O)cc12. The number of H-pyrrole nitrogens is 1. The molecule has 1 heterocycles. The van der Waals surface area contributed by atoms with Gasteiger partial charge < -0.3 is 20.6 Å². The second-order valence-electron chi connectivity index (χ2n) is 5.42. The lowest BCUT2D eigenvalue weighted by Gasteiger charge is -2.08. The number of alkyl halides is 3. The molecule has 0 saturated carbocycles. The summed E-state index contributed by atoms with van der Waals surface area (Å²) in [4.78, 5) is 20.0. The Balaban J connectivity index is 0.000000345. The van der Waals surface area contributed by atoms with Crippen LogP contribution in [0.1, 0.15) is 16.1 Å². The van der Waals surface area contributed by atoms with E-state index in [0.717, 1.165) is 11.3 Å². The van der Waals surface area contributed by atoms with E-state index in [2.05, 4.69) is 15.5 Å². The molecule has 0 aliphatic rings. The third kappa shape index (κ3) is 5.13. The summed E-state index contributed by atoms with van der Waals surface area (Å²) in [5.41, 5.74) is 2.19. The monoisotopic (exact) mass is 397 g/mol. The van der Waals surface area contributed by atoms with Gasteiger partial charge in [-0.2, -0.15) is 18.3 Å². The van der Waals surface area contributed by atoms with Gasteiger partial charge in [0.1, 0.15) is 5.75 Å². The number of nitrogens with zero attached hydrogens (tertiary/aromatic N) is 1. The predicted molar refractivity (Wildman–Crippen MR) is 92.2 cm³/mol. The van der Waals surface area contributed by atoms with Gasteiger partial charge in [0.05, 0.1) is 5.52 Å². The van der Waals surface area contributed by atoms with Crippen molar-refractivity contribution in [1.29, 1.82) is 0 Å². The zero-order valence-corrected chi connectivity index (χ0v) is 14.0. The number of aromatic hydroxyl groups is 1. The molecule has 28 heavy (non-hydrogen) atoms. The molecule has 0 saturated heterocycles. The molecule has 0 spiro atoms. The van der Waals surface area contributed by atoms with Gasteiger partial charge >= 0.3 is 18.1 Å². The number of para-hydroxylation sites is 1. The number of rotatable bonds is 4. The molecular formula is C17H14F3N3O5. The molecule has 0 unspecified atom stereocenters. The first-order chi connectivity index (χ1) is 13.1. The predicted octanol–water partition coefficient (Wildman–Crippen LogP) is 3.21. The quantitative estimate of drug-likeness (QED) is 0.456. The lowest BCUT2D eigenvalue weighted by Crippen LogP contribution is -2.21. The second-order valence-corrected chi connectivity index (χ2v) is 5.42. The van der Waals surface area contributed by atoms with Crippen LogP contribution in [-0.2, 0) is 11.3 Å². The van der Waals surface area contributed by atoms with Gasteiger partial charge in [0.15, 0.2) is 5.69 Å². The van der Waals surface area contributed by atoms with Crippen LogP contribution in [0, 0.1) is 0 Å². The number of phenols is 1. The van der Waals surface area contributed by atoms with Crippen molar-refractivity contribution in [2.24, 2.45) is 0 Å². The van der Waals surface area contributed by atoms with Crippen LogP contribution < -0.4 is 5.32 Å². The highest BCUT2D eigenvalue weighted by Gasteiger charge is 2.38. The molecule has 3 rings (SSSR count). The van der Waals surface area contributed by atoms with Crippen LogP contribution in [0.3, 0.4) is 0 Å². The van der Waals surface area contributed by atoms with Gasteiger partial charge in [-0.15, -0.1) is 0 Å². The molecule has 3 aromatic rings. The number of carbonyl (C=O) groups is 2. The Kier molecular flexibility index (Phi) is 6.08. The number of anilines is 1. The van der Waals surface area contributed by atoms with Crippen molar-refractivity contribution in [2.75, 3.05) is 5.32 Å². The zero-order valence-electron chi connectivity index (χ0n) is 14.0. The van der Waals surface area contributed by atoms with E-state index in [1.54, 1.807) is 24.3 Å². The van der Waals surface area contributed by atoms with Crippen LogP contribution >= 0.6 is 0 Å². The number of hydrogen-bond donors (Lipinski definition) is 5. The molecule has 2 aromatic carbocycles. The van der Waals surface area contributed by atoms with E-state index in [4.69, 9.17) is 15.0 Å². The van der Waals surface area contributed by atoms with Crippen molar-refractivity contribution in [3.05, 3.63) is 53.7 Å². The maximum Gasteiger partial charge on any atom is 0.490 e. The molecule has 0 bridgehead atoms. The molecule has 0 aliphatic carbocycles. The first kappa shape index (κ1) is 20.6. The largest absolute Gasteiger partial charge is 0.508 e. The highest BCUT2D eigenvalue weighted by atomic mass is 19.4. The summed E-state index contributed by atoms with van der Waals surface area (Å²) in [6.07, 6.45) is -5.08. The van der Waals surface area contributed by atoms with Crippen LogP contribution in [0.5, 0.6) is 5.75 Å². The molecule has 148 valence electrons. The summed E-state index contributed by atoms with van der Waals surface area (Å²) in [5, 5.41) is 36.1. The van der Waals surface area contributed by atoms with Gasteiger partial charge in [0.2, 0.25) is 0 Å². The van der Waals surface area contributed by atoms with Crippen molar-refractivity contribution in [2.45, 2.75) is 12.7 Å². The topological polar surface area (TPSA) is 136 Å². The summed E-state index contributed by atoms with van der Waals surface area (Å²) in [6.45, 7) is 0.443. The van der Waals surface area contributed by atoms with Crippen molar-refractivity contribution < 1.29 is 38.1 Å². The Morgan fingerprint density at radius 2 is 1.75 bits per heavy atom. The van der Waals surface area contributed by atoms with Crippen LogP contribution in [0.15, 0.2) is 42.5 Å². The van der Waals surface area contributed by atoms with Crippen molar-refractivity contribution in [3.8, 4) is 5.75 Å². The number of halogens is 3. The summed E-state index contributed by atoms with van der Waals surface area (Å²) < 4.78 is 31.7. The molecule has 1 aromatic heterocycles. The third-order valence-corrected chi connectivity index (χ3v) is 3.48. The number of nitrogens with one attached hydrogen (secondary N) is 2. The number of aromatic amines is 1. The van der Waals surface area contributed by atoms with Crippen LogP contribution in [-0.4, -0.2) is 43.6 Å². The van der Waals surface area contributed by atoms with Gasteiger partial charge in [-0.3, -0.25) is 5.10 Å². The minimum absolute atomic E-state index is 0.00351. The van der Waals surface area contributed by atoms with Crippen molar-refractivity contribution in [1.82, 2.24) is 10.2 Å². The van der Waals surface area contributed by atoms with E-state index in [0.29, 0.717) is 17.4 Å². The molecule has 0 fully saturated rings. The summed E-state index contributed by atoms with van der Waals surface area (Å²) in [6, 6.07) is 12.4. The Bertz CT molecular complexity index is 1000. The number of aromatic nitrogens is 2. The first-order valence-electron chi connectivity index (χ1n) is 7.62. The van der Waals surface area contributed by atoms with Crippen LogP contribution in [0.2, 0.25) is 0 Å². The minimum Gasteiger partial charge on any atom is -0.508 e. The van der Waals surface area contributed by atoms with Gasteiger partial charge in [-0.25, -0.2) is 9.59 Å². The number of carboxylic acid groups (broad SMARTS) is 2. The lowest BCUT2D eigenvalue weighted by atomic mass is 10.1. The summed E-state index contributed by atoms with van der Waals surface area (Å²) in [7, 11) is 0. The number of phenolic OH excluding ortho intramolecular Hbond substituents is 1. The first-order valence-corrected chi connectivity index (χ1v) is 7.62. The number of fused-ring (bicyclic) bond motifs is 1. The van der Waals surface area contributed by atoms with E-state index in [1.807, 2.05) is 18.2 Å². The van der Waals surface area contributed by atoms with Crippen LogP contribution in [0.25, 0.3) is 10.9 Å². The molecule has 5 N–H and O–H groups in total. The molecule has 0 aliphatic heterocycles. The average Bonchev–Trinajstić information content (AvgIpc) is 3.04. The number of aromatic carboxylic acids is 1. The summed E-state index contributed by atoms with van der Waals surface area (Å²) >= 11 is 0. The summed E-state index contributed by atoms with van der Waals surface area (Å²) in [5.74, 6) is -3.60. The number of carboxylic acids is 2. The molecule has 0 radical (unpaired) electrons. The number of hydrogen-bond acceptors (Lipinski definition) is 5. The maximum absolute atomic E-state index is 11.1. The van der Waals surface area contributed by atoms with Gasteiger partial charge in [-0.05, 0) is 24.3 Å². The molecule has 0 amide bonds. The molecule has 0 atom stereocenters. The van der Waals surface area contributed by atoms with E-state index < -0.39 is 18.1 Å².